The van der Waals surface area contributed by atoms with Crippen LogP contribution in [0, 0.1) is 0 Å². The highest BCUT2D eigenvalue weighted by Crippen LogP contribution is 2.32. The lowest BCUT2D eigenvalue weighted by Crippen LogP contribution is -2.27. The Hall–Kier alpha value is -2.16. The van der Waals surface area contributed by atoms with E-state index in [9.17, 15) is 18.3 Å². The summed E-state index contributed by atoms with van der Waals surface area (Å²) in [4.78, 5) is 12.1. The minimum Gasteiger partial charge on any atom is -0.497 e. The molecule has 1 saturated heterocycles. The van der Waals surface area contributed by atoms with Crippen LogP contribution in [0.5, 0.6) is 5.75 Å². The van der Waals surface area contributed by atoms with Gasteiger partial charge in [0.25, 0.3) is 10.0 Å². The number of hydrogen-bond acceptors (Lipinski definition) is 5. The molecular weight excluding hydrogens is 374 g/mol. The van der Waals surface area contributed by atoms with Gasteiger partial charge in [-0.1, -0.05) is 12.1 Å². The van der Waals surface area contributed by atoms with Crippen LogP contribution in [0.2, 0.25) is 0 Å². The fourth-order valence-electron chi connectivity index (χ4n) is 2.76. The molecule has 2 heterocycles. The molecule has 1 N–H and O–H groups in total. The number of benzene rings is 1. The van der Waals surface area contributed by atoms with Gasteiger partial charge in [0.2, 0.25) is 0 Å². The zero-order valence-electron chi connectivity index (χ0n) is 14.2. The van der Waals surface area contributed by atoms with Crippen molar-refractivity contribution in [2.24, 2.45) is 0 Å². The molecule has 8 heteroatoms. The van der Waals surface area contributed by atoms with Crippen LogP contribution >= 0.6 is 11.3 Å². The van der Waals surface area contributed by atoms with Crippen LogP contribution in [-0.4, -0.2) is 44.0 Å². The molecule has 3 rings (SSSR count). The lowest BCUT2D eigenvalue weighted by molar-refractivity contribution is -0.130. The molecule has 0 spiro atoms. The number of methoxy groups -OCH3 is 1. The Kier molecular flexibility index (Phi) is 5.45. The van der Waals surface area contributed by atoms with Gasteiger partial charge in [0.15, 0.2) is 0 Å². The summed E-state index contributed by atoms with van der Waals surface area (Å²) in [5.41, 5.74) is 0.753. The number of nitrogens with zero attached hydrogens (tertiary/aromatic N) is 1. The third-order valence-electron chi connectivity index (χ3n) is 4.16. The van der Waals surface area contributed by atoms with E-state index in [1.807, 2.05) is 0 Å². The first-order chi connectivity index (χ1) is 12.4. The first kappa shape index (κ1) is 18.6. The zero-order chi connectivity index (χ0) is 18.7. The summed E-state index contributed by atoms with van der Waals surface area (Å²) in [5.74, 6) is -0.429. The Morgan fingerprint density at radius 2 is 1.81 bits per heavy atom. The van der Waals surface area contributed by atoms with Gasteiger partial charge in [0, 0.05) is 18.0 Å². The van der Waals surface area contributed by atoms with Crippen molar-refractivity contribution in [1.82, 2.24) is 4.31 Å². The second-order valence-corrected chi connectivity index (χ2v) is 9.11. The first-order valence-corrected chi connectivity index (χ1v) is 10.4. The van der Waals surface area contributed by atoms with E-state index < -0.39 is 16.0 Å². The van der Waals surface area contributed by atoms with E-state index in [0.717, 1.165) is 24.2 Å². The van der Waals surface area contributed by atoms with Crippen LogP contribution in [0.1, 0.15) is 23.3 Å². The van der Waals surface area contributed by atoms with Crippen LogP contribution in [0.3, 0.4) is 0 Å². The molecule has 0 atom stereocenters. The molecular formula is C18H19NO5S2. The molecule has 1 fully saturated rings. The molecule has 2 aromatic rings. The van der Waals surface area contributed by atoms with Gasteiger partial charge >= 0.3 is 5.97 Å². The van der Waals surface area contributed by atoms with Crippen molar-refractivity contribution in [2.45, 2.75) is 17.1 Å². The summed E-state index contributed by atoms with van der Waals surface area (Å²) >= 11 is 0.987. The maximum absolute atomic E-state index is 12.6. The average Bonchev–Trinajstić information content (AvgIpc) is 3.32. The Morgan fingerprint density at radius 3 is 2.38 bits per heavy atom. The zero-order valence-corrected chi connectivity index (χ0v) is 15.8. The minimum absolute atomic E-state index is 0.0584. The molecule has 0 aliphatic carbocycles. The summed E-state index contributed by atoms with van der Waals surface area (Å²) in [6.07, 6.45) is 3.24. The van der Waals surface area contributed by atoms with Crippen molar-refractivity contribution in [1.29, 1.82) is 0 Å². The number of hydrogen-bond donors (Lipinski definition) is 1. The number of carbonyl (C=O) groups is 1. The monoisotopic (exact) mass is 393 g/mol. The van der Waals surface area contributed by atoms with Gasteiger partial charge in [-0.3, -0.25) is 0 Å². The maximum Gasteiger partial charge on any atom is 0.337 e. The summed E-state index contributed by atoms with van der Waals surface area (Å²) < 4.78 is 32.0. The molecule has 1 aromatic carbocycles. The molecule has 26 heavy (non-hydrogen) atoms. The predicted octanol–water partition coefficient (Wildman–Crippen LogP) is 3.17. The lowest BCUT2D eigenvalue weighted by Gasteiger charge is -2.13. The van der Waals surface area contributed by atoms with Crippen LogP contribution in [-0.2, 0) is 14.8 Å². The topological polar surface area (TPSA) is 83.9 Å². The van der Waals surface area contributed by atoms with Crippen LogP contribution < -0.4 is 4.74 Å². The van der Waals surface area contributed by atoms with Crippen molar-refractivity contribution in [3.8, 4) is 5.75 Å². The molecule has 0 amide bonds. The van der Waals surface area contributed by atoms with Gasteiger partial charge in [-0.15, -0.1) is 11.3 Å². The van der Waals surface area contributed by atoms with Crippen molar-refractivity contribution >= 4 is 39.0 Å². The van der Waals surface area contributed by atoms with E-state index >= 15 is 0 Å². The highest BCUT2D eigenvalue weighted by Gasteiger charge is 2.29. The van der Waals surface area contributed by atoms with Crippen molar-refractivity contribution in [3.05, 3.63) is 46.8 Å². The van der Waals surface area contributed by atoms with Crippen LogP contribution in [0.15, 0.2) is 40.6 Å². The third-order valence-corrected chi connectivity index (χ3v) is 7.65. The highest BCUT2D eigenvalue weighted by molar-refractivity contribution is 7.91. The van der Waals surface area contributed by atoms with Crippen molar-refractivity contribution < 1.29 is 23.1 Å². The summed E-state index contributed by atoms with van der Waals surface area (Å²) in [5, 5.41) is 9.57. The summed E-state index contributed by atoms with van der Waals surface area (Å²) in [6, 6.07) is 10.0. The number of rotatable bonds is 6. The smallest absolute Gasteiger partial charge is 0.337 e. The first-order valence-electron chi connectivity index (χ1n) is 8.11. The van der Waals surface area contributed by atoms with Crippen LogP contribution in [0.25, 0.3) is 11.6 Å². The van der Waals surface area contributed by atoms with E-state index in [2.05, 4.69) is 0 Å². The molecule has 0 unspecified atom stereocenters. The number of carboxylic acid groups (broad SMARTS) is 1. The number of carboxylic acids is 1. The maximum atomic E-state index is 12.6. The molecule has 6 nitrogen and oxygen atoms in total. The second-order valence-electron chi connectivity index (χ2n) is 5.87. The standard InChI is InChI=1S/C18H19NO5S2/c1-24-14-6-4-13(5-7-14)12-15(18(20)21)16-8-9-17(25-16)26(22,23)19-10-2-3-11-19/h4-9,12H,2-3,10-11H2,1H3,(H,20,21). The molecule has 1 aromatic heterocycles. The minimum atomic E-state index is -3.54. The van der Waals surface area contributed by atoms with E-state index in [1.54, 1.807) is 37.4 Å². The van der Waals surface area contributed by atoms with Crippen LogP contribution in [0.4, 0.5) is 0 Å². The Labute approximate surface area is 156 Å². The predicted molar refractivity (Wildman–Crippen MR) is 101 cm³/mol. The van der Waals surface area contributed by atoms with Gasteiger partial charge in [-0.05, 0) is 48.7 Å². The SMILES string of the molecule is COc1ccc(C=C(C(=O)O)c2ccc(S(=O)(=O)N3CCCC3)s2)cc1. The molecule has 0 bridgehead atoms. The van der Waals surface area contributed by atoms with Gasteiger partial charge in [-0.25, -0.2) is 13.2 Å². The average molecular weight is 393 g/mol. The molecule has 1 aliphatic rings. The van der Waals surface area contributed by atoms with Gasteiger partial charge < -0.3 is 9.84 Å². The van der Waals surface area contributed by atoms with Crippen molar-refractivity contribution in [3.63, 3.8) is 0 Å². The molecule has 0 radical (unpaired) electrons. The third kappa shape index (κ3) is 3.82. The lowest BCUT2D eigenvalue weighted by atomic mass is 10.1. The fourth-order valence-corrected chi connectivity index (χ4v) is 5.75. The Balaban J connectivity index is 1.93. The Morgan fingerprint density at radius 1 is 1.15 bits per heavy atom. The number of thiophene rings is 1. The molecule has 138 valence electrons. The van der Waals surface area contributed by atoms with Gasteiger partial charge in [0.1, 0.15) is 9.96 Å². The van der Waals surface area contributed by atoms with E-state index in [-0.39, 0.29) is 9.78 Å². The van der Waals surface area contributed by atoms with E-state index in [0.29, 0.717) is 29.3 Å². The number of ether oxygens (including phenoxy) is 1. The Bertz CT molecular complexity index is 923. The van der Waals surface area contributed by atoms with E-state index in [4.69, 9.17) is 4.74 Å². The number of sulfonamides is 1. The summed E-state index contributed by atoms with van der Waals surface area (Å²) in [6.45, 7) is 1.03. The van der Waals surface area contributed by atoms with Crippen molar-refractivity contribution in [2.75, 3.05) is 20.2 Å². The normalized spacial score (nSPS) is 16.0. The largest absolute Gasteiger partial charge is 0.497 e. The quantitative estimate of drug-likeness (QED) is 0.762. The summed E-state index contributed by atoms with van der Waals surface area (Å²) in [7, 11) is -1.99. The van der Waals surface area contributed by atoms with Gasteiger partial charge in [0.05, 0.1) is 12.7 Å². The highest BCUT2D eigenvalue weighted by atomic mass is 32.2. The fraction of sp³-hybridized carbons (Fsp3) is 0.278. The number of aliphatic carboxylic acids is 1. The van der Waals surface area contributed by atoms with Gasteiger partial charge in [-0.2, -0.15) is 4.31 Å². The second kappa shape index (κ2) is 7.61. The molecule has 0 saturated carbocycles. The van der Waals surface area contributed by atoms with E-state index in [1.165, 1.54) is 16.4 Å². The molecule has 1 aliphatic heterocycles.